The van der Waals surface area contributed by atoms with E-state index in [2.05, 4.69) is 23.6 Å². The largest absolute Gasteiger partial charge is 0.493 e. The summed E-state index contributed by atoms with van der Waals surface area (Å²) >= 11 is 0. The van der Waals surface area contributed by atoms with Crippen LogP contribution in [-0.2, 0) is 11.3 Å². The van der Waals surface area contributed by atoms with Crippen molar-refractivity contribution in [3.05, 3.63) is 23.3 Å². The molecule has 1 aliphatic rings. The molecule has 1 heterocycles. The lowest BCUT2D eigenvalue weighted by molar-refractivity contribution is -1.02. The summed E-state index contributed by atoms with van der Waals surface area (Å²) in [5.74, 6) is 1.27. The van der Waals surface area contributed by atoms with E-state index in [1.54, 1.807) is 14.2 Å². The predicted molar refractivity (Wildman–Crippen MR) is 101 cm³/mol. The van der Waals surface area contributed by atoms with Gasteiger partial charge in [-0.3, -0.25) is 10.1 Å². The first-order chi connectivity index (χ1) is 12.9. The maximum absolute atomic E-state index is 12.1. The number of piperazine rings is 1. The summed E-state index contributed by atoms with van der Waals surface area (Å²) in [6.45, 7) is 8.61. The van der Waals surface area contributed by atoms with Crippen LogP contribution in [0.25, 0.3) is 0 Å². The van der Waals surface area contributed by atoms with E-state index < -0.39 is 6.03 Å². The molecule has 27 heavy (non-hydrogen) atoms. The Labute approximate surface area is 160 Å². The van der Waals surface area contributed by atoms with Gasteiger partial charge in [-0.25, -0.2) is 4.79 Å². The van der Waals surface area contributed by atoms with E-state index in [0.29, 0.717) is 0 Å². The van der Waals surface area contributed by atoms with Crippen LogP contribution < -0.4 is 29.9 Å². The molecule has 8 heteroatoms. The smallest absolute Gasteiger partial charge is 0.321 e. The van der Waals surface area contributed by atoms with Crippen molar-refractivity contribution in [2.24, 2.45) is 0 Å². The van der Waals surface area contributed by atoms with Crippen molar-refractivity contribution in [2.75, 3.05) is 47.4 Å². The Kier molecular flexibility index (Phi) is 7.44. The lowest BCUT2D eigenvalue weighted by Gasteiger charge is -2.32. The second-order valence-electron chi connectivity index (χ2n) is 7.01. The van der Waals surface area contributed by atoms with Crippen LogP contribution >= 0.6 is 0 Å². The molecule has 0 spiro atoms. The van der Waals surface area contributed by atoms with E-state index in [0.717, 1.165) is 44.2 Å². The maximum Gasteiger partial charge on any atom is 0.321 e. The quantitative estimate of drug-likeness (QED) is 0.466. The Balaban J connectivity index is 1.93. The second kappa shape index (κ2) is 9.57. The molecule has 0 unspecified atom stereocenters. The summed E-state index contributed by atoms with van der Waals surface area (Å²) in [6, 6.07) is 3.37. The number of benzene rings is 1. The van der Waals surface area contributed by atoms with Gasteiger partial charge >= 0.3 is 6.03 Å². The topological polar surface area (TPSA) is 85.5 Å². The summed E-state index contributed by atoms with van der Waals surface area (Å²) in [7, 11) is 4.79. The Morgan fingerprint density at radius 1 is 1.11 bits per heavy atom. The van der Waals surface area contributed by atoms with Gasteiger partial charge in [0.05, 0.1) is 14.2 Å². The highest BCUT2D eigenvalue weighted by Crippen LogP contribution is 2.29. The van der Waals surface area contributed by atoms with E-state index in [9.17, 15) is 9.59 Å². The molecule has 1 fully saturated rings. The molecule has 150 valence electrons. The number of urea groups is 1. The molecule has 0 bridgehead atoms. The van der Waals surface area contributed by atoms with Gasteiger partial charge in [0.2, 0.25) is 0 Å². The highest BCUT2D eigenvalue weighted by atomic mass is 16.5. The van der Waals surface area contributed by atoms with Gasteiger partial charge in [0.1, 0.15) is 32.7 Å². The average Bonchev–Trinajstić information content (AvgIpc) is 2.68. The maximum atomic E-state index is 12.1. The Morgan fingerprint density at radius 3 is 2.26 bits per heavy atom. The van der Waals surface area contributed by atoms with Crippen molar-refractivity contribution < 1.29 is 28.9 Å². The summed E-state index contributed by atoms with van der Waals surface area (Å²) in [4.78, 5) is 26.1. The number of aryl methyl sites for hydroxylation is 1. The molecule has 0 radical (unpaired) electrons. The summed E-state index contributed by atoms with van der Waals surface area (Å²) < 4.78 is 10.8. The first-order valence-corrected chi connectivity index (χ1v) is 9.31. The van der Waals surface area contributed by atoms with Crippen molar-refractivity contribution in [1.29, 1.82) is 0 Å². The van der Waals surface area contributed by atoms with Gasteiger partial charge in [0.15, 0.2) is 17.5 Å². The van der Waals surface area contributed by atoms with Gasteiger partial charge in [0.25, 0.3) is 5.91 Å². The number of hydrogen-bond donors (Lipinski definition) is 4. The fraction of sp³-hybridized carbons (Fsp3) is 0.579. The highest BCUT2D eigenvalue weighted by molar-refractivity contribution is 5.96. The van der Waals surface area contributed by atoms with Crippen LogP contribution in [0.1, 0.15) is 18.1 Å². The van der Waals surface area contributed by atoms with E-state index in [4.69, 9.17) is 9.47 Å². The predicted octanol–water partition coefficient (Wildman–Crippen LogP) is -1.86. The Hall–Kier alpha value is -2.32. The third-order valence-corrected chi connectivity index (χ3v) is 5.35. The third kappa shape index (κ3) is 5.33. The SMILES string of the molecule is CNC(=O)NC(=O)[C@@H](C)[NH+]1CC[NH+](Cc2cc(OC)c(OC)cc2C)CC1. The Morgan fingerprint density at radius 2 is 1.70 bits per heavy atom. The minimum absolute atomic E-state index is 0.233. The minimum Gasteiger partial charge on any atom is -0.493 e. The number of carbonyl (C=O) groups excluding carboxylic acids is 2. The zero-order chi connectivity index (χ0) is 20.0. The van der Waals surface area contributed by atoms with Crippen LogP contribution in [0, 0.1) is 6.92 Å². The van der Waals surface area contributed by atoms with Gasteiger partial charge in [0, 0.05) is 12.6 Å². The van der Waals surface area contributed by atoms with E-state index >= 15 is 0 Å². The van der Waals surface area contributed by atoms with Crippen molar-refractivity contribution in [1.82, 2.24) is 10.6 Å². The van der Waals surface area contributed by atoms with Gasteiger partial charge in [-0.05, 0) is 31.5 Å². The summed E-state index contributed by atoms with van der Waals surface area (Å²) in [5.41, 5.74) is 2.43. The van der Waals surface area contributed by atoms with Crippen molar-refractivity contribution >= 4 is 11.9 Å². The number of rotatable bonds is 6. The molecule has 4 N–H and O–H groups in total. The van der Waals surface area contributed by atoms with E-state index in [1.165, 1.54) is 28.0 Å². The molecule has 0 saturated carbocycles. The average molecular weight is 380 g/mol. The number of hydrogen-bond acceptors (Lipinski definition) is 4. The normalized spacial score (nSPS) is 20.5. The minimum atomic E-state index is -0.459. The third-order valence-electron chi connectivity index (χ3n) is 5.35. The molecule has 1 atom stereocenters. The lowest BCUT2D eigenvalue weighted by atomic mass is 10.1. The number of carbonyl (C=O) groups is 2. The van der Waals surface area contributed by atoms with Gasteiger partial charge in [-0.1, -0.05) is 0 Å². The number of nitrogens with one attached hydrogen (secondary N) is 4. The molecule has 1 aliphatic heterocycles. The first kappa shape index (κ1) is 21.0. The molecule has 1 saturated heterocycles. The summed E-state index contributed by atoms with van der Waals surface area (Å²) in [6.07, 6.45) is 0. The molecule has 1 aromatic rings. The van der Waals surface area contributed by atoms with Crippen LogP contribution in [0.15, 0.2) is 12.1 Å². The number of imide groups is 1. The van der Waals surface area contributed by atoms with Crippen molar-refractivity contribution in [3.8, 4) is 11.5 Å². The fourth-order valence-corrected chi connectivity index (χ4v) is 3.49. The van der Waals surface area contributed by atoms with Gasteiger partial charge < -0.3 is 24.6 Å². The lowest BCUT2D eigenvalue weighted by Crippen LogP contribution is -3.29. The molecular formula is C19H32N4O4+2. The molecule has 2 rings (SSSR count). The molecule has 0 aliphatic carbocycles. The van der Waals surface area contributed by atoms with Crippen LogP contribution in [0.5, 0.6) is 11.5 Å². The zero-order valence-electron chi connectivity index (χ0n) is 16.9. The van der Waals surface area contributed by atoms with Crippen LogP contribution in [0.4, 0.5) is 4.79 Å². The number of amides is 3. The van der Waals surface area contributed by atoms with E-state index in [1.807, 2.05) is 13.0 Å². The molecule has 0 aromatic heterocycles. The highest BCUT2D eigenvalue weighted by Gasteiger charge is 2.31. The van der Waals surface area contributed by atoms with Gasteiger partial charge in [-0.15, -0.1) is 0 Å². The number of ether oxygens (including phenoxy) is 2. The monoisotopic (exact) mass is 380 g/mol. The zero-order valence-corrected chi connectivity index (χ0v) is 16.9. The van der Waals surface area contributed by atoms with E-state index in [-0.39, 0.29) is 11.9 Å². The fourth-order valence-electron chi connectivity index (χ4n) is 3.49. The molecular weight excluding hydrogens is 348 g/mol. The molecule has 8 nitrogen and oxygen atoms in total. The van der Waals surface area contributed by atoms with Crippen LogP contribution in [0.3, 0.4) is 0 Å². The number of quaternary nitrogens is 2. The summed E-state index contributed by atoms with van der Waals surface area (Å²) in [5, 5.41) is 4.77. The second-order valence-corrected chi connectivity index (χ2v) is 7.01. The van der Waals surface area contributed by atoms with Gasteiger partial charge in [-0.2, -0.15) is 0 Å². The Bertz CT molecular complexity index is 672. The molecule has 1 aromatic carbocycles. The van der Waals surface area contributed by atoms with Crippen molar-refractivity contribution in [3.63, 3.8) is 0 Å². The van der Waals surface area contributed by atoms with Crippen LogP contribution in [0.2, 0.25) is 0 Å². The van der Waals surface area contributed by atoms with Crippen molar-refractivity contribution in [2.45, 2.75) is 26.4 Å². The molecule has 3 amide bonds. The number of methoxy groups -OCH3 is 2. The first-order valence-electron chi connectivity index (χ1n) is 9.31. The standard InChI is InChI=1S/C19H30N4O4/c1-13-10-16(26-4)17(27-5)11-15(13)12-22-6-8-23(9-7-22)14(2)18(24)21-19(25)20-3/h10-11,14H,6-9,12H2,1-5H3,(H2,20,21,24,25)/p+2/t14-/m1/s1. The van der Waals surface area contributed by atoms with Crippen LogP contribution in [-0.4, -0.2) is 65.4 Å².